The highest BCUT2D eigenvalue weighted by molar-refractivity contribution is 14.0. The van der Waals surface area contributed by atoms with E-state index in [4.69, 9.17) is 4.99 Å². The van der Waals surface area contributed by atoms with Crippen LogP contribution in [0.25, 0.3) is 0 Å². The zero-order valence-electron chi connectivity index (χ0n) is 14.3. The van der Waals surface area contributed by atoms with Gasteiger partial charge >= 0.3 is 0 Å². The Labute approximate surface area is 157 Å². The highest BCUT2D eigenvalue weighted by Crippen LogP contribution is 2.33. The average Bonchev–Trinajstić information content (AvgIpc) is 3.10. The maximum Gasteiger partial charge on any atom is 0.194 e. The van der Waals surface area contributed by atoms with Gasteiger partial charge in [-0.05, 0) is 43.4 Å². The molecule has 2 heterocycles. The van der Waals surface area contributed by atoms with Crippen LogP contribution < -0.4 is 5.32 Å². The normalized spacial score (nSPS) is 33.6. The molecule has 0 aromatic rings. The molecule has 0 aromatic carbocycles. The van der Waals surface area contributed by atoms with Gasteiger partial charge in [-0.25, -0.2) is 8.42 Å². The fraction of sp³-hybridized carbons (Fsp3) is 0.938. The van der Waals surface area contributed by atoms with Crippen molar-refractivity contribution in [1.29, 1.82) is 0 Å². The smallest absolute Gasteiger partial charge is 0.194 e. The molecule has 1 N–H and O–H groups in total. The maximum absolute atomic E-state index is 11.6. The molecule has 2 unspecified atom stereocenters. The van der Waals surface area contributed by atoms with Crippen molar-refractivity contribution < 1.29 is 8.42 Å². The van der Waals surface area contributed by atoms with Crippen molar-refractivity contribution in [3.05, 3.63) is 0 Å². The lowest BCUT2D eigenvalue weighted by atomic mass is 9.87. The first-order chi connectivity index (χ1) is 10.4. The van der Waals surface area contributed by atoms with Crippen LogP contribution in [0, 0.1) is 11.3 Å². The third-order valence-corrected chi connectivity index (χ3v) is 7.28. The summed E-state index contributed by atoms with van der Waals surface area (Å²) < 4.78 is 23.2. The lowest BCUT2D eigenvalue weighted by Gasteiger charge is -2.26. The van der Waals surface area contributed by atoms with Crippen molar-refractivity contribution in [1.82, 2.24) is 10.2 Å². The van der Waals surface area contributed by atoms with Crippen molar-refractivity contribution in [2.45, 2.75) is 52.0 Å². The van der Waals surface area contributed by atoms with Crippen LogP contribution in [0.2, 0.25) is 0 Å². The average molecular weight is 455 g/mol. The molecule has 0 amide bonds. The molecule has 3 aliphatic rings. The van der Waals surface area contributed by atoms with E-state index in [9.17, 15) is 8.42 Å². The van der Waals surface area contributed by atoms with Crippen LogP contribution in [-0.2, 0) is 9.84 Å². The van der Waals surface area contributed by atoms with Crippen molar-refractivity contribution in [3.8, 4) is 0 Å². The molecule has 2 saturated heterocycles. The monoisotopic (exact) mass is 455 g/mol. The van der Waals surface area contributed by atoms with E-state index in [1.165, 1.54) is 25.7 Å². The van der Waals surface area contributed by atoms with E-state index in [1.54, 1.807) is 0 Å². The second kappa shape index (κ2) is 7.45. The largest absolute Gasteiger partial charge is 0.354 e. The molecule has 23 heavy (non-hydrogen) atoms. The zero-order valence-corrected chi connectivity index (χ0v) is 17.4. The lowest BCUT2D eigenvalue weighted by Crippen LogP contribution is -2.42. The summed E-state index contributed by atoms with van der Waals surface area (Å²) in [6.07, 6.45) is 5.65. The maximum atomic E-state index is 11.6. The van der Waals surface area contributed by atoms with Crippen molar-refractivity contribution in [2.75, 3.05) is 31.1 Å². The van der Waals surface area contributed by atoms with Gasteiger partial charge in [0, 0.05) is 25.7 Å². The quantitative estimate of drug-likeness (QED) is 0.402. The molecule has 0 aromatic heterocycles. The van der Waals surface area contributed by atoms with Crippen LogP contribution in [-0.4, -0.2) is 56.5 Å². The van der Waals surface area contributed by atoms with E-state index in [0.29, 0.717) is 29.5 Å². The Balaban J connectivity index is 0.00000192. The van der Waals surface area contributed by atoms with Crippen molar-refractivity contribution in [2.24, 2.45) is 16.3 Å². The van der Waals surface area contributed by atoms with E-state index >= 15 is 0 Å². The molecule has 134 valence electrons. The molecular weight excluding hydrogens is 425 g/mol. The second-order valence-corrected chi connectivity index (χ2v) is 9.92. The molecule has 1 saturated carbocycles. The van der Waals surface area contributed by atoms with Crippen LogP contribution in [0.5, 0.6) is 0 Å². The summed E-state index contributed by atoms with van der Waals surface area (Å²) in [7, 11) is -2.80. The number of likely N-dealkylation sites (tertiary alicyclic amines) is 1. The van der Waals surface area contributed by atoms with Crippen molar-refractivity contribution in [3.63, 3.8) is 0 Å². The highest BCUT2D eigenvalue weighted by atomic mass is 127. The van der Waals surface area contributed by atoms with Gasteiger partial charge in [0.25, 0.3) is 0 Å². The Hall–Kier alpha value is -0.0500. The number of nitrogens with one attached hydrogen (secondary N) is 1. The molecule has 2 aliphatic heterocycles. The fourth-order valence-electron chi connectivity index (χ4n) is 3.37. The molecule has 3 rings (SSSR count). The molecule has 0 spiro atoms. The number of nitrogens with zero attached hydrogens (tertiary/aromatic N) is 2. The lowest BCUT2D eigenvalue weighted by molar-refractivity contribution is 0.321. The Morgan fingerprint density at radius 1 is 1.35 bits per heavy atom. The molecule has 1 aliphatic carbocycles. The van der Waals surface area contributed by atoms with Gasteiger partial charge in [0.05, 0.1) is 11.5 Å². The first kappa shape index (κ1) is 19.3. The Bertz CT molecular complexity index is 548. The summed E-state index contributed by atoms with van der Waals surface area (Å²) in [6.45, 7) is 7.38. The first-order valence-corrected chi connectivity index (χ1v) is 10.5. The number of hydrogen-bond acceptors (Lipinski definition) is 3. The molecule has 7 heteroatoms. The van der Waals surface area contributed by atoms with Crippen LogP contribution in [0.3, 0.4) is 0 Å². The predicted molar refractivity (Wildman–Crippen MR) is 105 cm³/mol. The van der Waals surface area contributed by atoms with E-state index in [-0.39, 0.29) is 29.9 Å². The van der Waals surface area contributed by atoms with E-state index in [0.717, 1.165) is 25.5 Å². The summed E-state index contributed by atoms with van der Waals surface area (Å²) >= 11 is 0. The summed E-state index contributed by atoms with van der Waals surface area (Å²) in [5.41, 5.74) is 0.392. The molecular formula is C16H30IN3O2S. The van der Waals surface area contributed by atoms with Gasteiger partial charge in [0.15, 0.2) is 15.8 Å². The predicted octanol–water partition coefficient (Wildman–Crippen LogP) is 2.27. The Morgan fingerprint density at radius 3 is 2.61 bits per heavy atom. The van der Waals surface area contributed by atoms with Gasteiger partial charge in [-0.15, -0.1) is 24.0 Å². The summed E-state index contributed by atoms with van der Waals surface area (Å²) in [6, 6.07) is 0.583. The topological polar surface area (TPSA) is 61.8 Å². The minimum absolute atomic E-state index is 0. The summed E-state index contributed by atoms with van der Waals surface area (Å²) in [5.74, 6) is 1.89. The van der Waals surface area contributed by atoms with Crippen molar-refractivity contribution >= 4 is 39.8 Å². The minimum atomic E-state index is -2.80. The SMILES string of the molecule is CCC1(C)CCN(C(=NCC2CCS(=O)(=O)C2)NC2CC2)C1.I. The van der Waals surface area contributed by atoms with E-state index < -0.39 is 9.84 Å². The van der Waals surface area contributed by atoms with Gasteiger partial charge in [0.1, 0.15) is 0 Å². The van der Waals surface area contributed by atoms with Gasteiger partial charge in [0.2, 0.25) is 0 Å². The number of halogens is 1. The molecule has 0 bridgehead atoms. The summed E-state index contributed by atoms with van der Waals surface area (Å²) in [5, 5.41) is 3.57. The molecule has 0 radical (unpaired) electrons. The zero-order chi connectivity index (χ0) is 15.8. The van der Waals surface area contributed by atoms with Crippen LogP contribution in [0.4, 0.5) is 0 Å². The van der Waals surface area contributed by atoms with E-state index in [1.807, 2.05) is 0 Å². The standard InChI is InChI=1S/C16H29N3O2S.HI/c1-3-16(2)7-8-19(12-16)15(18-14-4-5-14)17-10-13-6-9-22(20,21)11-13;/h13-14H,3-12H2,1-2H3,(H,17,18);1H. The van der Waals surface area contributed by atoms with Crippen LogP contribution >= 0.6 is 24.0 Å². The van der Waals surface area contributed by atoms with Gasteiger partial charge in [-0.3, -0.25) is 4.99 Å². The fourth-order valence-corrected chi connectivity index (χ4v) is 5.22. The first-order valence-electron chi connectivity index (χ1n) is 8.65. The second-order valence-electron chi connectivity index (χ2n) is 7.69. The Kier molecular flexibility index (Phi) is 6.25. The van der Waals surface area contributed by atoms with Gasteiger partial charge < -0.3 is 10.2 Å². The van der Waals surface area contributed by atoms with Gasteiger partial charge in [-0.2, -0.15) is 0 Å². The summed E-state index contributed by atoms with van der Waals surface area (Å²) in [4.78, 5) is 7.18. The molecule has 5 nitrogen and oxygen atoms in total. The van der Waals surface area contributed by atoms with E-state index in [2.05, 4.69) is 24.1 Å². The van der Waals surface area contributed by atoms with Crippen LogP contribution in [0.1, 0.15) is 46.0 Å². The molecule has 3 fully saturated rings. The number of aliphatic imine (C=N–C) groups is 1. The number of guanidine groups is 1. The molecule has 2 atom stereocenters. The van der Waals surface area contributed by atoms with Gasteiger partial charge in [-0.1, -0.05) is 13.8 Å². The minimum Gasteiger partial charge on any atom is -0.354 e. The number of rotatable bonds is 4. The third kappa shape index (κ3) is 5.21. The highest BCUT2D eigenvalue weighted by Gasteiger charge is 2.35. The third-order valence-electron chi connectivity index (χ3n) is 5.45. The van der Waals surface area contributed by atoms with Crippen LogP contribution in [0.15, 0.2) is 4.99 Å². The number of hydrogen-bond donors (Lipinski definition) is 1. The number of sulfone groups is 1. The Morgan fingerprint density at radius 2 is 2.09 bits per heavy atom.